The van der Waals surface area contributed by atoms with Crippen LogP contribution in [0.1, 0.15) is 97.3 Å². The van der Waals surface area contributed by atoms with Crippen molar-refractivity contribution in [3.05, 3.63) is 0 Å². The van der Waals surface area contributed by atoms with Gasteiger partial charge in [0.1, 0.15) is 0 Å². The molecule has 0 aromatic heterocycles. The molecule has 156 valence electrons. The van der Waals surface area contributed by atoms with Gasteiger partial charge in [0, 0.05) is 0 Å². The summed E-state index contributed by atoms with van der Waals surface area (Å²) < 4.78 is 39.2. The first-order chi connectivity index (χ1) is 12.7. The standard InChI is InChI=1S/C19H37O6S.K/c1-3-4-5-6-7-8-9-10-11-12-13-14-15-16-19(20)25-18(2)17-24-26(21,22)23;/h15,18H,3-14,16-17H2,1-2H3,(H,21,22,23);. The van der Waals surface area contributed by atoms with Gasteiger partial charge in [-0.25, -0.2) is 0 Å². The molecule has 0 fully saturated rings. The van der Waals surface area contributed by atoms with Crippen LogP contribution in [0, 0.1) is 0 Å². The van der Waals surface area contributed by atoms with Crippen molar-refractivity contribution in [1.29, 1.82) is 0 Å². The summed E-state index contributed by atoms with van der Waals surface area (Å²) in [6.07, 6.45) is 15.3. The third kappa shape index (κ3) is 21.5. The Kier molecular flexibility index (Phi) is 18.4. The van der Waals surface area contributed by atoms with E-state index in [1.165, 1.54) is 64.2 Å². The molecule has 0 amide bonds. The van der Waals surface area contributed by atoms with Crippen molar-refractivity contribution in [3.8, 4) is 0 Å². The number of hydrogen-bond donors (Lipinski definition) is 1. The van der Waals surface area contributed by atoms with E-state index in [0.29, 0.717) is 55.4 Å². The summed E-state index contributed by atoms with van der Waals surface area (Å²) in [7, 11) is -4.49. The molecular formula is C19H37KO6S. The van der Waals surface area contributed by atoms with Gasteiger partial charge in [-0.2, -0.15) is 0 Å². The molecule has 0 bridgehead atoms. The van der Waals surface area contributed by atoms with E-state index in [4.69, 9.17) is 9.29 Å². The third-order valence-electron chi connectivity index (χ3n) is 4.60. The van der Waals surface area contributed by atoms with Crippen LogP contribution in [0.25, 0.3) is 0 Å². The van der Waals surface area contributed by atoms with E-state index in [0.717, 1.165) is 12.8 Å². The van der Waals surface area contributed by atoms with Gasteiger partial charge >= 0.3 is 189 Å². The number of ether oxygens (including phenoxy) is 1. The normalized spacial score (nSPS) is 14.1. The van der Waals surface area contributed by atoms with Gasteiger partial charge in [0.25, 0.3) is 0 Å². The molecule has 1 N–H and O–H groups in total. The molecule has 2 atom stereocenters. The van der Waals surface area contributed by atoms with Gasteiger partial charge in [0.2, 0.25) is 0 Å². The molecule has 0 spiro atoms. The molecule has 0 aliphatic rings. The number of rotatable bonds is 18. The molecule has 0 aromatic rings. The Labute approximate surface area is 200 Å². The SMILES string of the molecule is CCCCCCCCCCCCC[CH]([K])CC(=O)OC(C)COS(=O)(=O)O. The number of carbonyl (C=O) groups is 1. The number of unbranched alkanes of at least 4 members (excludes halogenated alkanes) is 10. The predicted molar refractivity (Wildman–Crippen MR) is 108 cm³/mol. The topological polar surface area (TPSA) is 89.9 Å². The summed E-state index contributed by atoms with van der Waals surface area (Å²) >= 11 is 0.554. The fraction of sp³-hybridized carbons (Fsp3) is 0.947. The Bertz CT molecular complexity index is 469. The van der Waals surface area contributed by atoms with Crippen molar-refractivity contribution in [3.63, 3.8) is 0 Å². The second-order valence-corrected chi connectivity index (χ2v) is 11.3. The van der Waals surface area contributed by atoms with Gasteiger partial charge < -0.3 is 0 Å². The molecule has 27 heavy (non-hydrogen) atoms. The quantitative estimate of drug-likeness (QED) is 0.145. The summed E-state index contributed by atoms with van der Waals surface area (Å²) in [4.78, 5) is 11.8. The molecule has 0 saturated carbocycles. The van der Waals surface area contributed by atoms with Crippen LogP contribution in [-0.2, 0) is 24.1 Å². The molecule has 0 aliphatic heterocycles. The summed E-state index contributed by atoms with van der Waals surface area (Å²) in [6.45, 7) is 3.42. The van der Waals surface area contributed by atoms with E-state index in [1.54, 1.807) is 6.92 Å². The third-order valence-corrected chi connectivity index (χ3v) is 6.57. The fourth-order valence-electron chi connectivity index (χ4n) is 3.03. The molecule has 0 saturated heterocycles. The van der Waals surface area contributed by atoms with Crippen LogP contribution in [0.5, 0.6) is 0 Å². The summed E-state index contributed by atoms with van der Waals surface area (Å²) in [5, 5.41) is 0. The van der Waals surface area contributed by atoms with Crippen LogP contribution in [0.15, 0.2) is 0 Å². The fourth-order valence-corrected chi connectivity index (χ4v) is 4.55. The van der Waals surface area contributed by atoms with Gasteiger partial charge in [-0.15, -0.1) is 0 Å². The first-order valence-corrected chi connectivity index (χ1v) is 13.7. The summed E-state index contributed by atoms with van der Waals surface area (Å²) in [6, 6.07) is 0. The van der Waals surface area contributed by atoms with Crippen molar-refractivity contribution < 1.29 is 26.7 Å². The monoisotopic (exact) mass is 432 g/mol. The first kappa shape index (κ1) is 28.0. The second kappa shape index (κ2) is 17.8. The van der Waals surface area contributed by atoms with E-state index in [-0.39, 0.29) is 12.6 Å². The predicted octanol–water partition coefficient (Wildman–Crippen LogP) is 4.79. The summed E-state index contributed by atoms with van der Waals surface area (Å²) in [5.74, 6) is -0.317. The van der Waals surface area contributed by atoms with Crippen LogP contribution in [0.2, 0.25) is 0.0125 Å². The zero-order valence-corrected chi connectivity index (χ0v) is 21.4. The minimum absolute atomic E-state index is 0.317. The van der Waals surface area contributed by atoms with Crippen LogP contribution >= 0.6 is 0 Å². The first-order valence-electron chi connectivity index (χ1n) is 10.6. The Hall–Kier alpha value is 0.976. The molecule has 2 unspecified atom stereocenters. The van der Waals surface area contributed by atoms with Gasteiger partial charge in [-0.1, -0.05) is 13.3 Å². The summed E-state index contributed by atoms with van der Waals surface area (Å²) in [5.41, 5.74) is 0. The Morgan fingerprint density at radius 1 is 0.963 bits per heavy atom. The van der Waals surface area contributed by atoms with E-state index < -0.39 is 16.5 Å². The van der Waals surface area contributed by atoms with Crippen LogP contribution in [0.3, 0.4) is 0 Å². The van der Waals surface area contributed by atoms with Crippen molar-refractivity contribution in [2.75, 3.05) is 6.61 Å². The number of carbonyl (C=O) groups excluding carboxylic acids is 1. The molecule has 0 aliphatic carbocycles. The molecular weight excluding hydrogens is 395 g/mol. The van der Waals surface area contributed by atoms with Gasteiger partial charge in [0.05, 0.1) is 0 Å². The zero-order valence-electron chi connectivity index (χ0n) is 17.5. The Balaban J connectivity index is 3.54. The minimum atomic E-state index is -4.49. The maximum absolute atomic E-state index is 11.8. The average Bonchev–Trinajstić information content (AvgIpc) is 2.57. The molecule has 0 heterocycles. The number of esters is 1. The van der Waals surface area contributed by atoms with Crippen LogP contribution in [0.4, 0.5) is 0 Å². The van der Waals surface area contributed by atoms with E-state index in [2.05, 4.69) is 11.1 Å². The van der Waals surface area contributed by atoms with Crippen molar-refractivity contribution in [2.45, 2.75) is 103 Å². The van der Waals surface area contributed by atoms with Crippen molar-refractivity contribution >= 4 is 65.3 Å². The van der Waals surface area contributed by atoms with Crippen molar-refractivity contribution in [2.24, 2.45) is 0 Å². The van der Waals surface area contributed by atoms with Gasteiger partial charge in [0.15, 0.2) is 0 Å². The van der Waals surface area contributed by atoms with Gasteiger partial charge in [-0.05, 0) is 0 Å². The molecule has 8 heteroatoms. The van der Waals surface area contributed by atoms with Crippen molar-refractivity contribution in [1.82, 2.24) is 0 Å². The zero-order chi connectivity index (χ0) is 20.5. The Morgan fingerprint density at radius 3 is 1.93 bits per heavy atom. The number of hydrogen-bond acceptors (Lipinski definition) is 5. The maximum atomic E-state index is 11.8. The molecule has 0 rings (SSSR count). The molecule has 0 aromatic carbocycles. The van der Waals surface area contributed by atoms with E-state index in [1.807, 2.05) is 0 Å². The molecule has 0 radical (unpaired) electrons. The van der Waals surface area contributed by atoms with Crippen LogP contribution < -0.4 is 0 Å². The Morgan fingerprint density at radius 2 is 1.44 bits per heavy atom. The van der Waals surface area contributed by atoms with Crippen LogP contribution in [-0.4, -0.2) is 80.6 Å². The van der Waals surface area contributed by atoms with Gasteiger partial charge in [-0.3, -0.25) is 0 Å². The average molecular weight is 433 g/mol. The van der Waals surface area contributed by atoms with E-state index >= 15 is 0 Å². The molecule has 6 nitrogen and oxygen atoms in total. The van der Waals surface area contributed by atoms with E-state index in [9.17, 15) is 13.2 Å². The second-order valence-electron chi connectivity index (χ2n) is 7.65.